The molecular formula is C21H28FN3O4. The fourth-order valence-electron chi connectivity index (χ4n) is 4.69. The van der Waals surface area contributed by atoms with E-state index < -0.39 is 42.0 Å². The molecule has 1 aromatic rings. The smallest absolute Gasteiger partial charge is 0.325 e. The van der Waals surface area contributed by atoms with E-state index in [0.717, 1.165) is 11.3 Å². The first-order chi connectivity index (χ1) is 13.6. The van der Waals surface area contributed by atoms with Crippen LogP contribution in [0.5, 0.6) is 0 Å². The van der Waals surface area contributed by atoms with E-state index in [4.69, 9.17) is 0 Å². The zero-order valence-corrected chi connectivity index (χ0v) is 16.9. The van der Waals surface area contributed by atoms with Crippen molar-refractivity contribution >= 4 is 17.8 Å². The number of halogens is 1. The van der Waals surface area contributed by atoms with Crippen LogP contribution in [-0.2, 0) is 9.59 Å². The van der Waals surface area contributed by atoms with Crippen molar-refractivity contribution in [2.75, 3.05) is 6.54 Å². The van der Waals surface area contributed by atoms with Crippen molar-refractivity contribution in [3.8, 4) is 0 Å². The molecule has 4 atom stereocenters. The van der Waals surface area contributed by atoms with Gasteiger partial charge in [0.1, 0.15) is 17.9 Å². The Morgan fingerprint density at radius 1 is 1.28 bits per heavy atom. The molecule has 3 N–H and O–H groups in total. The topological polar surface area (TPSA) is 98.7 Å². The number of hydrogen-bond donors (Lipinski definition) is 3. The zero-order chi connectivity index (χ0) is 21.3. The lowest BCUT2D eigenvalue weighted by Gasteiger charge is -2.37. The lowest BCUT2D eigenvalue weighted by molar-refractivity contribution is -0.137. The van der Waals surface area contributed by atoms with Crippen LogP contribution in [0.1, 0.15) is 51.7 Å². The fraction of sp³-hybridized carbons (Fsp3) is 0.571. The average molecular weight is 405 g/mol. The monoisotopic (exact) mass is 405 g/mol. The Hall–Kier alpha value is -2.48. The van der Waals surface area contributed by atoms with Crippen LogP contribution in [0.25, 0.3) is 0 Å². The number of amides is 4. The molecule has 4 amide bonds. The summed E-state index contributed by atoms with van der Waals surface area (Å²) in [7, 11) is 0. The molecule has 7 nitrogen and oxygen atoms in total. The van der Waals surface area contributed by atoms with Gasteiger partial charge in [0.05, 0.1) is 12.1 Å². The molecule has 3 rings (SSSR count). The van der Waals surface area contributed by atoms with Crippen molar-refractivity contribution in [3.63, 3.8) is 0 Å². The highest BCUT2D eigenvalue weighted by molar-refractivity contribution is 6.09. The molecule has 1 spiro atoms. The van der Waals surface area contributed by atoms with Gasteiger partial charge in [0.15, 0.2) is 0 Å². The van der Waals surface area contributed by atoms with Crippen molar-refractivity contribution in [3.05, 3.63) is 35.6 Å². The van der Waals surface area contributed by atoms with Gasteiger partial charge in [0.2, 0.25) is 5.91 Å². The van der Waals surface area contributed by atoms with Gasteiger partial charge < -0.3 is 15.7 Å². The number of carbonyl (C=O) groups excluding carboxylic acids is 3. The molecule has 0 aromatic heterocycles. The molecule has 1 heterocycles. The summed E-state index contributed by atoms with van der Waals surface area (Å²) in [6.07, 6.45) is 1.10. The van der Waals surface area contributed by atoms with Crippen LogP contribution in [0.3, 0.4) is 0 Å². The maximum atomic E-state index is 13.0. The number of benzene rings is 1. The maximum absolute atomic E-state index is 13.0. The molecule has 4 unspecified atom stereocenters. The molecule has 1 aliphatic heterocycles. The lowest BCUT2D eigenvalue weighted by atomic mass is 9.71. The van der Waals surface area contributed by atoms with Gasteiger partial charge in [-0.2, -0.15) is 0 Å². The van der Waals surface area contributed by atoms with Gasteiger partial charge in [-0.1, -0.05) is 26.0 Å². The summed E-state index contributed by atoms with van der Waals surface area (Å²) >= 11 is 0. The first-order valence-electron chi connectivity index (χ1n) is 9.98. The molecule has 8 heteroatoms. The van der Waals surface area contributed by atoms with Crippen LogP contribution >= 0.6 is 0 Å². The molecular weight excluding hydrogens is 377 g/mol. The molecule has 29 heavy (non-hydrogen) atoms. The van der Waals surface area contributed by atoms with E-state index in [9.17, 15) is 23.9 Å². The van der Waals surface area contributed by atoms with E-state index in [1.54, 1.807) is 6.92 Å². The van der Waals surface area contributed by atoms with Crippen LogP contribution in [0.15, 0.2) is 24.3 Å². The predicted octanol–water partition coefficient (Wildman–Crippen LogP) is 2.11. The number of nitrogens with one attached hydrogen (secondary N) is 2. The maximum Gasteiger partial charge on any atom is 0.325 e. The van der Waals surface area contributed by atoms with Gasteiger partial charge >= 0.3 is 6.03 Å². The molecule has 2 fully saturated rings. The molecule has 0 bridgehead atoms. The molecule has 1 saturated heterocycles. The molecule has 2 aliphatic rings. The van der Waals surface area contributed by atoms with Crippen LogP contribution in [0.2, 0.25) is 0 Å². The summed E-state index contributed by atoms with van der Waals surface area (Å²) in [4.78, 5) is 38.8. The van der Waals surface area contributed by atoms with Crippen molar-refractivity contribution in [2.45, 2.75) is 57.7 Å². The van der Waals surface area contributed by atoms with Crippen molar-refractivity contribution in [1.29, 1.82) is 0 Å². The quantitative estimate of drug-likeness (QED) is 0.654. The summed E-state index contributed by atoms with van der Waals surface area (Å²) in [5.74, 6) is -0.708. The Bertz CT molecular complexity index is 788. The van der Waals surface area contributed by atoms with Crippen LogP contribution in [0, 0.1) is 17.7 Å². The zero-order valence-electron chi connectivity index (χ0n) is 16.9. The SMILES string of the molecule is CC1CC(C)CC2(C1)NC(=O)N(CC(=O)NC(C)C(O)c1ccc(F)cc1)C2=O. The number of aliphatic hydroxyl groups is 1. The first-order valence-corrected chi connectivity index (χ1v) is 9.98. The number of imide groups is 1. The van der Waals surface area contributed by atoms with E-state index in [-0.39, 0.29) is 5.91 Å². The second-order valence-electron chi connectivity index (χ2n) is 8.61. The van der Waals surface area contributed by atoms with Crippen LogP contribution in [-0.4, -0.2) is 46.0 Å². The third-order valence-corrected chi connectivity index (χ3v) is 5.82. The summed E-state index contributed by atoms with van der Waals surface area (Å²) in [6, 6.07) is 4.10. The average Bonchev–Trinajstić information content (AvgIpc) is 2.84. The summed E-state index contributed by atoms with van der Waals surface area (Å²) in [5.41, 5.74) is -0.466. The van der Waals surface area contributed by atoms with Crippen LogP contribution < -0.4 is 10.6 Å². The largest absolute Gasteiger partial charge is 0.386 e. The minimum absolute atomic E-state index is 0.308. The lowest BCUT2D eigenvalue weighted by Crippen LogP contribution is -2.52. The summed E-state index contributed by atoms with van der Waals surface area (Å²) in [5, 5.41) is 15.8. The highest BCUT2D eigenvalue weighted by atomic mass is 19.1. The van der Waals surface area contributed by atoms with Gasteiger partial charge in [-0.05, 0) is 55.7 Å². The number of carbonyl (C=O) groups is 3. The number of rotatable bonds is 5. The number of aliphatic hydroxyl groups excluding tert-OH is 1. The molecule has 1 aromatic carbocycles. The highest BCUT2D eigenvalue weighted by Crippen LogP contribution is 2.39. The van der Waals surface area contributed by atoms with E-state index in [0.29, 0.717) is 30.2 Å². The molecule has 1 saturated carbocycles. The Kier molecular flexibility index (Phi) is 5.93. The van der Waals surface area contributed by atoms with Crippen LogP contribution in [0.4, 0.5) is 9.18 Å². The first kappa shape index (κ1) is 21.2. The third kappa shape index (κ3) is 4.42. The molecule has 1 aliphatic carbocycles. The standard InChI is InChI=1S/C21H28FN3O4/c1-12-8-13(2)10-21(9-12)19(28)25(20(29)24-21)11-17(26)23-14(3)18(27)15-4-6-16(22)7-5-15/h4-7,12-14,18,27H,8-11H2,1-3H3,(H,23,26)(H,24,29). The van der Waals surface area contributed by atoms with Gasteiger partial charge in [-0.3, -0.25) is 14.5 Å². The van der Waals surface area contributed by atoms with Gasteiger partial charge in [0.25, 0.3) is 5.91 Å². The van der Waals surface area contributed by atoms with Gasteiger partial charge in [0, 0.05) is 0 Å². The van der Waals surface area contributed by atoms with Crippen molar-refractivity contribution in [2.24, 2.45) is 11.8 Å². The second-order valence-corrected chi connectivity index (χ2v) is 8.61. The van der Waals surface area contributed by atoms with Gasteiger partial charge in [-0.25, -0.2) is 9.18 Å². The van der Waals surface area contributed by atoms with Gasteiger partial charge in [-0.15, -0.1) is 0 Å². The van der Waals surface area contributed by atoms with E-state index in [2.05, 4.69) is 24.5 Å². The van der Waals surface area contributed by atoms with E-state index in [1.165, 1.54) is 24.3 Å². The minimum Gasteiger partial charge on any atom is -0.386 e. The Labute approximate surface area is 169 Å². The Balaban J connectivity index is 1.62. The number of nitrogens with zero attached hydrogens (tertiary/aromatic N) is 1. The van der Waals surface area contributed by atoms with Crippen molar-refractivity contribution in [1.82, 2.24) is 15.5 Å². The Morgan fingerprint density at radius 2 is 1.86 bits per heavy atom. The highest BCUT2D eigenvalue weighted by Gasteiger charge is 2.54. The second kappa shape index (κ2) is 8.10. The van der Waals surface area contributed by atoms with E-state index in [1.807, 2.05) is 0 Å². The Morgan fingerprint density at radius 3 is 2.45 bits per heavy atom. The molecule has 0 radical (unpaired) electrons. The summed E-state index contributed by atoms with van der Waals surface area (Å²) in [6.45, 7) is 5.31. The third-order valence-electron chi connectivity index (χ3n) is 5.82. The molecule has 158 valence electrons. The number of urea groups is 1. The fourth-order valence-corrected chi connectivity index (χ4v) is 4.69. The van der Waals surface area contributed by atoms with Crippen molar-refractivity contribution < 1.29 is 23.9 Å². The normalized spacial score (nSPS) is 28.9. The van der Waals surface area contributed by atoms with E-state index >= 15 is 0 Å². The number of hydrogen-bond acceptors (Lipinski definition) is 4. The summed E-state index contributed by atoms with van der Waals surface area (Å²) < 4.78 is 13.0. The minimum atomic E-state index is -1.05. The predicted molar refractivity (Wildman–Crippen MR) is 104 cm³/mol.